The Hall–Kier alpha value is -1.22. The zero-order valence-electron chi connectivity index (χ0n) is 7.40. The number of carbonyl (C=O) groups is 2. The first-order valence-corrected chi connectivity index (χ1v) is 4.00. The molecule has 0 unspecified atom stereocenters. The van der Waals surface area contributed by atoms with E-state index in [1.165, 1.54) is 0 Å². The van der Waals surface area contributed by atoms with Gasteiger partial charge in [-0.25, -0.2) is 9.59 Å². The van der Waals surface area contributed by atoms with Gasteiger partial charge in [-0.3, -0.25) is 0 Å². The molecule has 4 atom stereocenters. The summed E-state index contributed by atoms with van der Waals surface area (Å²) in [7, 11) is 0. The fourth-order valence-electron chi connectivity index (χ4n) is 1.27. The molecule has 5 N–H and O–H groups in total. The van der Waals surface area contributed by atoms with Gasteiger partial charge in [-0.05, 0) is 0 Å². The summed E-state index contributed by atoms with van der Waals surface area (Å²) < 4.78 is 4.33. The van der Waals surface area contributed by atoms with Crippen LogP contribution in [0.3, 0.4) is 0 Å². The molecule has 0 aromatic heterocycles. The largest absolute Gasteiger partial charge is 0.479 e. The lowest BCUT2D eigenvalue weighted by atomic mass is 9.95. The Morgan fingerprint density at radius 1 is 1.27 bits per heavy atom. The predicted molar refractivity (Wildman–Crippen MR) is 41.7 cm³/mol. The molecule has 0 bridgehead atoms. The summed E-state index contributed by atoms with van der Waals surface area (Å²) in [5.41, 5.74) is 0. The van der Waals surface area contributed by atoms with Crippen molar-refractivity contribution in [1.29, 1.82) is 0 Å². The minimum Gasteiger partial charge on any atom is -0.479 e. The number of hydrogen-bond donors (Lipinski definition) is 5. The highest BCUT2D eigenvalue weighted by atomic mass is 16.7. The second-order valence-corrected chi connectivity index (χ2v) is 3.23. The molecule has 0 aliphatic carbocycles. The van der Waals surface area contributed by atoms with Crippen LogP contribution in [0.25, 0.3) is 0 Å². The predicted octanol–water partition coefficient (Wildman–Crippen LogP) is -2.65. The normalized spacial score (nSPS) is 41.1. The highest BCUT2D eigenvalue weighted by Gasteiger charge is 2.52. The molecule has 0 spiro atoms. The molecule has 0 aromatic carbocycles. The molecule has 1 fully saturated rings. The van der Waals surface area contributed by atoms with Gasteiger partial charge in [0.25, 0.3) is 5.79 Å². The maximum Gasteiger partial charge on any atom is 0.364 e. The minimum absolute atomic E-state index is 0.798. The number of carboxylic acids is 2. The van der Waals surface area contributed by atoms with Crippen LogP contribution >= 0.6 is 0 Å². The third kappa shape index (κ3) is 2.07. The van der Waals surface area contributed by atoms with Gasteiger partial charge >= 0.3 is 11.9 Å². The Morgan fingerprint density at radius 3 is 2.20 bits per heavy atom. The van der Waals surface area contributed by atoms with Gasteiger partial charge in [-0.1, -0.05) is 0 Å². The smallest absolute Gasteiger partial charge is 0.364 e. The van der Waals surface area contributed by atoms with Crippen molar-refractivity contribution in [3.8, 4) is 0 Å². The lowest BCUT2D eigenvalue weighted by Gasteiger charge is -2.37. The molecule has 1 saturated heterocycles. The Morgan fingerprint density at radius 2 is 1.80 bits per heavy atom. The molecule has 1 rings (SSSR count). The van der Waals surface area contributed by atoms with Crippen molar-refractivity contribution in [3.05, 3.63) is 0 Å². The average molecular weight is 222 g/mol. The topological polar surface area (TPSA) is 145 Å². The summed E-state index contributed by atoms with van der Waals surface area (Å²) >= 11 is 0. The van der Waals surface area contributed by atoms with Gasteiger partial charge in [0.05, 0.1) is 6.10 Å². The van der Waals surface area contributed by atoms with Crippen molar-refractivity contribution in [3.63, 3.8) is 0 Å². The van der Waals surface area contributed by atoms with E-state index in [9.17, 15) is 14.7 Å². The van der Waals surface area contributed by atoms with Crippen molar-refractivity contribution < 1.29 is 39.9 Å². The Labute approximate surface area is 83.3 Å². The van der Waals surface area contributed by atoms with Crippen molar-refractivity contribution in [2.75, 3.05) is 0 Å². The summed E-state index contributed by atoms with van der Waals surface area (Å²) in [6, 6.07) is 0. The zero-order chi connectivity index (χ0) is 11.8. The van der Waals surface area contributed by atoms with Gasteiger partial charge in [0.2, 0.25) is 0 Å². The number of aliphatic carboxylic acids is 2. The molecule has 0 amide bonds. The third-order valence-corrected chi connectivity index (χ3v) is 2.09. The van der Waals surface area contributed by atoms with E-state index in [2.05, 4.69) is 4.74 Å². The average Bonchev–Trinajstić information content (AvgIpc) is 2.10. The monoisotopic (exact) mass is 222 g/mol. The van der Waals surface area contributed by atoms with E-state index in [1.807, 2.05) is 0 Å². The van der Waals surface area contributed by atoms with E-state index >= 15 is 0 Å². The summed E-state index contributed by atoms with van der Waals surface area (Å²) in [5.74, 6) is -6.28. The van der Waals surface area contributed by atoms with E-state index in [0.717, 1.165) is 0 Å². The molecule has 8 nitrogen and oxygen atoms in total. The van der Waals surface area contributed by atoms with Crippen LogP contribution in [0, 0.1) is 0 Å². The highest BCUT2D eigenvalue weighted by molar-refractivity contribution is 5.78. The fraction of sp³-hybridized carbons (Fsp3) is 0.714. The van der Waals surface area contributed by atoms with Gasteiger partial charge in [-0.2, -0.15) is 0 Å². The second kappa shape index (κ2) is 3.74. The molecule has 0 saturated carbocycles. The lowest BCUT2D eigenvalue weighted by molar-refractivity contribution is -0.291. The summed E-state index contributed by atoms with van der Waals surface area (Å²) in [5, 5.41) is 44.7. The zero-order valence-corrected chi connectivity index (χ0v) is 7.40. The summed E-state index contributed by atoms with van der Waals surface area (Å²) in [6.45, 7) is 0. The van der Waals surface area contributed by atoms with Crippen LogP contribution in [0.15, 0.2) is 0 Å². The lowest BCUT2D eigenvalue weighted by Crippen LogP contribution is -2.60. The van der Waals surface area contributed by atoms with Gasteiger partial charge in [0.1, 0.15) is 6.10 Å². The van der Waals surface area contributed by atoms with Crippen LogP contribution in [0.1, 0.15) is 6.42 Å². The van der Waals surface area contributed by atoms with Crippen LogP contribution in [0.2, 0.25) is 0 Å². The summed E-state index contributed by atoms with van der Waals surface area (Å²) in [4.78, 5) is 21.1. The Balaban J connectivity index is 2.93. The van der Waals surface area contributed by atoms with Crippen molar-refractivity contribution in [1.82, 2.24) is 0 Å². The number of rotatable bonds is 2. The molecular formula is C7H10O8. The summed E-state index contributed by atoms with van der Waals surface area (Å²) in [6.07, 6.45) is -6.23. The van der Waals surface area contributed by atoms with Gasteiger partial charge in [0, 0.05) is 6.42 Å². The Kier molecular flexibility index (Phi) is 2.95. The van der Waals surface area contributed by atoms with Crippen LogP contribution in [-0.4, -0.2) is 61.6 Å². The Bertz CT molecular complexity index is 289. The minimum atomic E-state index is -2.79. The highest BCUT2D eigenvalue weighted by Crippen LogP contribution is 2.27. The van der Waals surface area contributed by atoms with E-state index in [-0.39, 0.29) is 0 Å². The molecule has 1 aliphatic rings. The fourth-order valence-corrected chi connectivity index (χ4v) is 1.27. The van der Waals surface area contributed by atoms with Crippen LogP contribution in [-0.2, 0) is 14.3 Å². The molecule has 86 valence electrons. The number of aliphatic hydroxyl groups excluding tert-OH is 2. The van der Waals surface area contributed by atoms with Gasteiger partial charge in [-0.15, -0.1) is 0 Å². The molecule has 0 aromatic rings. The van der Waals surface area contributed by atoms with E-state index in [4.69, 9.17) is 20.4 Å². The van der Waals surface area contributed by atoms with E-state index < -0.39 is 42.5 Å². The van der Waals surface area contributed by atoms with E-state index in [0.29, 0.717) is 0 Å². The second-order valence-electron chi connectivity index (χ2n) is 3.23. The van der Waals surface area contributed by atoms with Crippen molar-refractivity contribution in [2.24, 2.45) is 0 Å². The van der Waals surface area contributed by atoms with Crippen molar-refractivity contribution >= 4 is 11.9 Å². The molecule has 1 aliphatic heterocycles. The maximum absolute atomic E-state index is 10.5. The quantitative estimate of drug-likeness (QED) is 0.341. The SMILES string of the molecule is O=C(O)[C@H]1O[C@](O)(C(=O)O)C[C@@H](O)[C@H]1O. The number of carboxylic acid groups (broad SMARTS) is 2. The molecule has 15 heavy (non-hydrogen) atoms. The molecule has 8 heteroatoms. The molecule has 0 radical (unpaired) electrons. The standard InChI is InChI=1S/C7H10O8/c8-2-1-7(14,6(12)13)15-4(3(2)9)5(10)11/h2-4,8-9,14H,1H2,(H,10,11)(H,12,13)/t2-,3-,4+,7+/m1/s1. The first-order valence-electron chi connectivity index (χ1n) is 4.00. The number of ether oxygens (including phenoxy) is 1. The number of aliphatic hydroxyl groups is 3. The van der Waals surface area contributed by atoms with Crippen LogP contribution in [0.5, 0.6) is 0 Å². The molecular weight excluding hydrogens is 212 g/mol. The third-order valence-electron chi connectivity index (χ3n) is 2.09. The van der Waals surface area contributed by atoms with Crippen molar-refractivity contribution in [2.45, 2.75) is 30.5 Å². The van der Waals surface area contributed by atoms with Crippen LogP contribution in [0.4, 0.5) is 0 Å². The van der Waals surface area contributed by atoms with Gasteiger partial charge in [0.15, 0.2) is 6.10 Å². The first-order chi connectivity index (χ1) is 6.78. The number of hydrogen-bond acceptors (Lipinski definition) is 6. The van der Waals surface area contributed by atoms with E-state index in [1.54, 1.807) is 0 Å². The van der Waals surface area contributed by atoms with Gasteiger partial charge < -0.3 is 30.3 Å². The maximum atomic E-state index is 10.5. The van der Waals surface area contributed by atoms with Crippen LogP contribution < -0.4 is 0 Å². The molecule has 1 heterocycles. The first kappa shape index (κ1) is 11.9.